The lowest BCUT2D eigenvalue weighted by molar-refractivity contribution is -0.384. The number of amides is 2. The molecule has 0 heterocycles. The van der Waals surface area contributed by atoms with Crippen LogP contribution in [0.3, 0.4) is 0 Å². The van der Waals surface area contributed by atoms with Crippen LogP contribution in [0.5, 0.6) is 0 Å². The van der Waals surface area contributed by atoms with Crippen LogP contribution in [-0.4, -0.2) is 55.4 Å². The SMILES string of the molecule is CN(CC(=O)NC1CC1)C(=O)c1cc([N+](=O)[O-])ccc1N(C)C. The molecule has 1 saturated carbocycles. The summed E-state index contributed by atoms with van der Waals surface area (Å²) >= 11 is 0. The van der Waals surface area contributed by atoms with Crippen LogP contribution in [0.25, 0.3) is 0 Å². The largest absolute Gasteiger partial charge is 0.377 e. The van der Waals surface area contributed by atoms with Gasteiger partial charge in [-0.25, -0.2) is 0 Å². The Kier molecular flexibility index (Phi) is 4.83. The molecule has 1 aliphatic carbocycles. The second-order valence-electron chi connectivity index (χ2n) is 5.86. The average Bonchev–Trinajstić information content (AvgIpc) is 3.29. The van der Waals surface area contributed by atoms with Gasteiger partial charge in [-0.1, -0.05) is 0 Å². The van der Waals surface area contributed by atoms with Gasteiger partial charge in [-0.2, -0.15) is 0 Å². The number of carbonyl (C=O) groups excluding carboxylic acids is 2. The van der Waals surface area contributed by atoms with Crippen LogP contribution in [0, 0.1) is 10.1 Å². The van der Waals surface area contributed by atoms with Crippen LogP contribution in [0.1, 0.15) is 23.2 Å². The monoisotopic (exact) mass is 320 g/mol. The molecule has 2 rings (SSSR count). The minimum absolute atomic E-state index is 0.0785. The van der Waals surface area contributed by atoms with Crippen LogP contribution in [0.15, 0.2) is 18.2 Å². The van der Waals surface area contributed by atoms with E-state index in [1.807, 2.05) is 0 Å². The third-order valence-corrected chi connectivity index (χ3v) is 3.57. The third kappa shape index (κ3) is 4.18. The molecule has 124 valence electrons. The number of anilines is 1. The molecule has 0 atom stereocenters. The van der Waals surface area contributed by atoms with Gasteiger partial charge in [-0.15, -0.1) is 0 Å². The van der Waals surface area contributed by atoms with E-state index in [0.717, 1.165) is 12.8 Å². The maximum atomic E-state index is 12.6. The van der Waals surface area contributed by atoms with E-state index in [1.165, 1.54) is 30.1 Å². The lowest BCUT2D eigenvalue weighted by atomic mass is 10.1. The Morgan fingerprint density at radius 2 is 1.96 bits per heavy atom. The molecule has 0 saturated heterocycles. The van der Waals surface area contributed by atoms with Gasteiger partial charge in [-0.05, 0) is 18.9 Å². The van der Waals surface area contributed by atoms with Gasteiger partial charge in [0.1, 0.15) is 0 Å². The summed E-state index contributed by atoms with van der Waals surface area (Å²) in [6.45, 7) is -0.0785. The number of benzene rings is 1. The Morgan fingerprint density at radius 1 is 1.30 bits per heavy atom. The number of nitro benzene ring substituents is 1. The lowest BCUT2D eigenvalue weighted by Gasteiger charge is -2.21. The van der Waals surface area contributed by atoms with Crippen molar-refractivity contribution in [2.75, 3.05) is 32.6 Å². The smallest absolute Gasteiger partial charge is 0.270 e. The summed E-state index contributed by atoms with van der Waals surface area (Å²) in [5, 5.41) is 13.7. The summed E-state index contributed by atoms with van der Waals surface area (Å²) in [6, 6.07) is 4.35. The van der Waals surface area contributed by atoms with E-state index in [4.69, 9.17) is 0 Å². The Balaban J connectivity index is 2.19. The maximum absolute atomic E-state index is 12.6. The quantitative estimate of drug-likeness (QED) is 0.623. The molecule has 0 spiro atoms. The Labute approximate surface area is 134 Å². The number of likely N-dealkylation sites (N-methyl/N-ethyl adjacent to an activating group) is 1. The van der Waals surface area contributed by atoms with Crippen molar-refractivity contribution in [2.45, 2.75) is 18.9 Å². The zero-order chi connectivity index (χ0) is 17.1. The number of non-ortho nitro benzene ring substituents is 1. The number of nitrogens with zero attached hydrogens (tertiary/aromatic N) is 3. The van der Waals surface area contributed by atoms with Gasteiger partial charge in [0.05, 0.1) is 17.0 Å². The highest BCUT2D eigenvalue weighted by Crippen LogP contribution is 2.25. The van der Waals surface area contributed by atoms with Gasteiger partial charge in [0.15, 0.2) is 0 Å². The molecule has 0 aliphatic heterocycles. The fourth-order valence-electron chi connectivity index (χ4n) is 2.19. The summed E-state index contributed by atoms with van der Waals surface area (Å²) < 4.78 is 0. The number of hydrogen-bond acceptors (Lipinski definition) is 5. The van der Waals surface area contributed by atoms with Gasteiger partial charge in [0.25, 0.3) is 11.6 Å². The average molecular weight is 320 g/mol. The van der Waals surface area contributed by atoms with E-state index in [2.05, 4.69) is 5.32 Å². The van der Waals surface area contributed by atoms with Crippen molar-refractivity contribution < 1.29 is 14.5 Å². The second-order valence-corrected chi connectivity index (χ2v) is 5.86. The fourth-order valence-corrected chi connectivity index (χ4v) is 2.19. The molecular weight excluding hydrogens is 300 g/mol. The van der Waals surface area contributed by atoms with Crippen LogP contribution in [-0.2, 0) is 4.79 Å². The Hall–Kier alpha value is -2.64. The van der Waals surface area contributed by atoms with Crippen molar-refractivity contribution >= 4 is 23.2 Å². The van der Waals surface area contributed by atoms with E-state index in [-0.39, 0.29) is 29.7 Å². The number of rotatable bonds is 6. The topological polar surface area (TPSA) is 95.8 Å². The van der Waals surface area contributed by atoms with E-state index in [0.29, 0.717) is 5.69 Å². The van der Waals surface area contributed by atoms with Crippen LogP contribution >= 0.6 is 0 Å². The first-order valence-corrected chi connectivity index (χ1v) is 7.30. The minimum atomic E-state index is -0.546. The van der Waals surface area contributed by atoms with Gasteiger partial charge in [0.2, 0.25) is 5.91 Å². The Bertz CT molecular complexity index is 640. The molecule has 0 radical (unpaired) electrons. The zero-order valence-corrected chi connectivity index (χ0v) is 13.4. The maximum Gasteiger partial charge on any atom is 0.270 e. The van der Waals surface area contributed by atoms with Gasteiger partial charge in [0, 0.05) is 45.0 Å². The van der Waals surface area contributed by atoms with Crippen LogP contribution in [0.4, 0.5) is 11.4 Å². The summed E-state index contributed by atoms with van der Waals surface area (Å²) in [7, 11) is 5.00. The van der Waals surface area contributed by atoms with E-state index >= 15 is 0 Å². The number of nitrogens with one attached hydrogen (secondary N) is 1. The molecule has 1 aromatic carbocycles. The summed E-state index contributed by atoms with van der Waals surface area (Å²) in [6.07, 6.45) is 1.94. The molecule has 1 N–H and O–H groups in total. The number of hydrogen-bond donors (Lipinski definition) is 1. The molecule has 1 aliphatic rings. The highest BCUT2D eigenvalue weighted by Gasteiger charge is 2.26. The van der Waals surface area contributed by atoms with Crippen molar-refractivity contribution in [2.24, 2.45) is 0 Å². The van der Waals surface area contributed by atoms with E-state index < -0.39 is 10.8 Å². The molecule has 23 heavy (non-hydrogen) atoms. The molecule has 1 aromatic rings. The molecule has 8 heteroatoms. The van der Waals surface area contributed by atoms with Gasteiger partial charge < -0.3 is 15.1 Å². The van der Waals surface area contributed by atoms with Gasteiger partial charge >= 0.3 is 0 Å². The molecule has 2 amide bonds. The predicted molar refractivity (Wildman–Crippen MR) is 85.5 cm³/mol. The standard InChI is InChI=1S/C15H20N4O4/c1-17(2)13-7-6-11(19(22)23)8-12(13)15(21)18(3)9-14(20)16-10-4-5-10/h6-8,10H,4-5,9H2,1-3H3,(H,16,20). The lowest BCUT2D eigenvalue weighted by Crippen LogP contribution is -2.39. The van der Waals surface area contributed by atoms with Crippen molar-refractivity contribution in [1.29, 1.82) is 0 Å². The highest BCUT2D eigenvalue weighted by atomic mass is 16.6. The van der Waals surface area contributed by atoms with Crippen molar-refractivity contribution in [3.8, 4) is 0 Å². The zero-order valence-electron chi connectivity index (χ0n) is 13.4. The molecule has 1 fully saturated rings. The van der Waals surface area contributed by atoms with E-state index in [1.54, 1.807) is 19.0 Å². The van der Waals surface area contributed by atoms with Crippen molar-refractivity contribution in [1.82, 2.24) is 10.2 Å². The normalized spacial score (nSPS) is 13.3. The highest BCUT2D eigenvalue weighted by molar-refractivity contribution is 6.01. The number of nitro groups is 1. The summed E-state index contributed by atoms with van der Waals surface area (Å²) in [5.74, 6) is -0.650. The molecule has 8 nitrogen and oxygen atoms in total. The van der Waals surface area contributed by atoms with Crippen molar-refractivity contribution in [3.63, 3.8) is 0 Å². The van der Waals surface area contributed by atoms with Crippen LogP contribution in [0.2, 0.25) is 0 Å². The molecule has 0 unspecified atom stereocenters. The third-order valence-electron chi connectivity index (χ3n) is 3.57. The fraction of sp³-hybridized carbons (Fsp3) is 0.467. The Morgan fingerprint density at radius 3 is 2.48 bits per heavy atom. The first-order chi connectivity index (χ1) is 10.8. The first kappa shape index (κ1) is 16.7. The second kappa shape index (κ2) is 6.64. The van der Waals surface area contributed by atoms with E-state index in [9.17, 15) is 19.7 Å². The predicted octanol–water partition coefficient (Wildman–Crippen LogP) is 1.01. The molecule has 0 bridgehead atoms. The number of carbonyl (C=O) groups is 2. The minimum Gasteiger partial charge on any atom is -0.377 e. The van der Waals surface area contributed by atoms with Crippen LogP contribution < -0.4 is 10.2 Å². The van der Waals surface area contributed by atoms with Crippen molar-refractivity contribution in [3.05, 3.63) is 33.9 Å². The van der Waals surface area contributed by atoms with Gasteiger partial charge in [-0.3, -0.25) is 19.7 Å². The first-order valence-electron chi connectivity index (χ1n) is 7.30. The summed E-state index contributed by atoms with van der Waals surface area (Å²) in [4.78, 5) is 37.7. The molecule has 0 aromatic heterocycles. The summed E-state index contributed by atoms with van der Waals surface area (Å²) in [5.41, 5.74) is 0.607. The molecular formula is C15H20N4O4.